The maximum Gasteiger partial charge on any atom is 0.317 e. The molecule has 3 aliphatic rings. The monoisotopic (exact) mass is 357 g/mol. The fourth-order valence-electron chi connectivity index (χ4n) is 3.87. The molecule has 6 nitrogen and oxygen atoms in total. The van der Waals surface area contributed by atoms with Gasteiger partial charge in [-0.25, -0.2) is 4.79 Å². The smallest absolute Gasteiger partial charge is 0.317 e. The predicted octanol–water partition coefficient (Wildman–Crippen LogP) is 1.55. The summed E-state index contributed by atoms with van der Waals surface area (Å²) in [5, 5.41) is 6.05. The van der Waals surface area contributed by atoms with Gasteiger partial charge in [-0.3, -0.25) is 4.79 Å². The van der Waals surface area contributed by atoms with Gasteiger partial charge in [-0.1, -0.05) is 30.3 Å². The maximum atomic E-state index is 12.5. The van der Waals surface area contributed by atoms with E-state index in [1.54, 1.807) is 4.90 Å². The molecular formula is C20H27N3O3. The van der Waals surface area contributed by atoms with Crippen LogP contribution in [0.3, 0.4) is 0 Å². The van der Waals surface area contributed by atoms with Crippen molar-refractivity contribution in [3.63, 3.8) is 0 Å². The lowest BCUT2D eigenvalue weighted by molar-refractivity contribution is -0.127. The van der Waals surface area contributed by atoms with E-state index in [2.05, 4.69) is 22.8 Å². The number of benzene rings is 1. The largest absolute Gasteiger partial charge is 0.370 e. The number of carbonyl (C=O) groups is 2. The third kappa shape index (κ3) is 4.18. The fourth-order valence-corrected chi connectivity index (χ4v) is 3.87. The molecule has 1 aromatic carbocycles. The molecule has 26 heavy (non-hydrogen) atoms. The average molecular weight is 357 g/mol. The van der Waals surface area contributed by atoms with Gasteiger partial charge in [0.2, 0.25) is 5.91 Å². The van der Waals surface area contributed by atoms with Crippen LogP contribution in [0.25, 0.3) is 0 Å². The molecule has 3 fully saturated rings. The number of morpholine rings is 1. The normalized spacial score (nSPS) is 27.2. The summed E-state index contributed by atoms with van der Waals surface area (Å²) in [6.07, 6.45) is 3.79. The molecule has 0 aromatic heterocycles. The second-order valence-corrected chi connectivity index (χ2v) is 7.70. The Kier molecular flexibility index (Phi) is 5.11. The standard InChI is InChI=1S/C20H27N3O3/c24-19(22-11-15-6-7-15)17-10-16-12-23(13-18(17)26-16)20(25)21-9-8-14-4-2-1-3-5-14/h1-5,15-18H,6-13H2,(H,21,25)(H,22,24)/t16-,17+,18-/m0/s1. The van der Waals surface area contributed by atoms with E-state index in [9.17, 15) is 9.59 Å². The van der Waals surface area contributed by atoms with Crippen LogP contribution in [-0.4, -0.2) is 55.2 Å². The van der Waals surface area contributed by atoms with Gasteiger partial charge in [-0.15, -0.1) is 0 Å². The summed E-state index contributed by atoms with van der Waals surface area (Å²) in [5.41, 5.74) is 1.21. The van der Waals surface area contributed by atoms with Crippen LogP contribution in [0.15, 0.2) is 30.3 Å². The first kappa shape index (κ1) is 17.3. The van der Waals surface area contributed by atoms with Gasteiger partial charge >= 0.3 is 6.03 Å². The summed E-state index contributed by atoms with van der Waals surface area (Å²) in [6.45, 7) is 2.46. The SMILES string of the molecule is O=C(NCC1CC1)[C@@H]1C[C@H]2CN(C(=O)NCCc3ccccc3)C[C@@H]1O2. The van der Waals surface area contributed by atoms with Crippen molar-refractivity contribution in [1.82, 2.24) is 15.5 Å². The molecule has 3 atom stereocenters. The van der Waals surface area contributed by atoms with Gasteiger partial charge < -0.3 is 20.3 Å². The molecule has 1 aromatic rings. The number of likely N-dealkylation sites (tertiary alicyclic amines) is 1. The van der Waals surface area contributed by atoms with Gasteiger partial charge in [-0.2, -0.15) is 0 Å². The van der Waals surface area contributed by atoms with Gasteiger partial charge in [0, 0.05) is 26.2 Å². The average Bonchev–Trinajstić information content (AvgIpc) is 3.44. The minimum atomic E-state index is -0.173. The van der Waals surface area contributed by atoms with Crippen molar-refractivity contribution >= 4 is 11.9 Å². The first-order valence-electron chi connectivity index (χ1n) is 9.69. The Morgan fingerprint density at radius 2 is 1.92 bits per heavy atom. The summed E-state index contributed by atoms with van der Waals surface area (Å²) in [5.74, 6) is 0.643. The minimum Gasteiger partial charge on any atom is -0.370 e. The zero-order valence-corrected chi connectivity index (χ0v) is 15.0. The zero-order valence-electron chi connectivity index (χ0n) is 15.0. The van der Waals surface area contributed by atoms with Crippen molar-refractivity contribution in [1.29, 1.82) is 0 Å². The van der Waals surface area contributed by atoms with E-state index in [0.29, 0.717) is 25.6 Å². The first-order valence-corrected chi connectivity index (χ1v) is 9.69. The molecule has 2 aliphatic heterocycles. The van der Waals surface area contributed by atoms with Crippen molar-refractivity contribution in [2.75, 3.05) is 26.2 Å². The van der Waals surface area contributed by atoms with Crippen LogP contribution < -0.4 is 10.6 Å². The van der Waals surface area contributed by atoms with Crippen LogP contribution in [-0.2, 0) is 16.0 Å². The van der Waals surface area contributed by atoms with Crippen molar-refractivity contribution in [3.05, 3.63) is 35.9 Å². The number of nitrogens with one attached hydrogen (secondary N) is 2. The molecule has 2 bridgehead atoms. The lowest BCUT2D eigenvalue weighted by Gasteiger charge is -2.32. The van der Waals surface area contributed by atoms with E-state index in [-0.39, 0.29) is 30.1 Å². The summed E-state index contributed by atoms with van der Waals surface area (Å²) in [7, 11) is 0. The molecule has 0 unspecified atom stereocenters. The van der Waals surface area contributed by atoms with Gasteiger partial charge in [0.15, 0.2) is 0 Å². The predicted molar refractivity (Wildman–Crippen MR) is 97.6 cm³/mol. The lowest BCUT2D eigenvalue weighted by atomic mass is 9.99. The Labute approximate surface area is 154 Å². The number of amides is 3. The third-order valence-electron chi connectivity index (χ3n) is 5.58. The summed E-state index contributed by atoms with van der Waals surface area (Å²) < 4.78 is 5.93. The Balaban J connectivity index is 1.24. The number of carbonyl (C=O) groups excluding carboxylic acids is 2. The number of nitrogens with zero attached hydrogens (tertiary/aromatic N) is 1. The van der Waals surface area contributed by atoms with E-state index in [0.717, 1.165) is 19.4 Å². The molecule has 3 amide bonds. The molecule has 2 N–H and O–H groups in total. The molecule has 4 rings (SSSR count). The van der Waals surface area contributed by atoms with Gasteiger partial charge in [-0.05, 0) is 37.2 Å². The van der Waals surface area contributed by atoms with Crippen molar-refractivity contribution in [2.45, 2.75) is 37.9 Å². The number of urea groups is 1. The number of hydrogen-bond acceptors (Lipinski definition) is 3. The third-order valence-corrected chi connectivity index (χ3v) is 5.58. The van der Waals surface area contributed by atoms with Crippen molar-refractivity contribution in [3.8, 4) is 0 Å². The minimum absolute atomic E-state index is 0.0229. The Morgan fingerprint density at radius 1 is 1.12 bits per heavy atom. The number of hydrogen-bond donors (Lipinski definition) is 2. The molecule has 0 radical (unpaired) electrons. The second kappa shape index (κ2) is 7.66. The summed E-state index contributed by atoms with van der Waals surface area (Å²) in [6, 6.07) is 10.1. The quantitative estimate of drug-likeness (QED) is 0.812. The highest BCUT2D eigenvalue weighted by Crippen LogP contribution is 2.33. The molecule has 2 saturated heterocycles. The van der Waals surface area contributed by atoms with Crippen LogP contribution in [0.1, 0.15) is 24.8 Å². The molecule has 1 saturated carbocycles. The number of fused-ring (bicyclic) bond motifs is 2. The van der Waals surface area contributed by atoms with E-state index in [1.807, 2.05) is 18.2 Å². The second-order valence-electron chi connectivity index (χ2n) is 7.70. The number of ether oxygens (including phenoxy) is 1. The van der Waals surface area contributed by atoms with Crippen LogP contribution in [0.5, 0.6) is 0 Å². The first-order chi connectivity index (χ1) is 12.7. The molecule has 140 valence electrons. The molecular weight excluding hydrogens is 330 g/mol. The highest BCUT2D eigenvalue weighted by molar-refractivity contribution is 5.80. The van der Waals surface area contributed by atoms with Crippen LogP contribution in [0.4, 0.5) is 4.79 Å². The molecule has 2 heterocycles. The van der Waals surface area contributed by atoms with Gasteiger partial charge in [0.1, 0.15) is 0 Å². The highest BCUT2D eigenvalue weighted by Gasteiger charge is 2.45. The zero-order chi connectivity index (χ0) is 17.9. The van der Waals surface area contributed by atoms with E-state index in [4.69, 9.17) is 4.74 Å². The summed E-state index contributed by atoms with van der Waals surface area (Å²) in [4.78, 5) is 26.7. The van der Waals surface area contributed by atoms with E-state index in [1.165, 1.54) is 18.4 Å². The maximum absolute atomic E-state index is 12.5. The molecule has 6 heteroatoms. The fraction of sp³-hybridized carbons (Fsp3) is 0.600. The highest BCUT2D eigenvalue weighted by atomic mass is 16.5. The van der Waals surface area contributed by atoms with Crippen LogP contribution in [0.2, 0.25) is 0 Å². The van der Waals surface area contributed by atoms with Crippen LogP contribution >= 0.6 is 0 Å². The van der Waals surface area contributed by atoms with Crippen LogP contribution in [0, 0.1) is 11.8 Å². The Morgan fingerprint density at radius 3 is 2.69 bits per heavy atom. The van der Waals surface area contributed by atoms with Crippen molar-refractivity contribution < 1.29 is 14.3 Å². The molecule has 1 aliphatic carbocycles. The molecule has 0 spiro atoms. The van der Waals surface area contributed by atoms with Gasteiger partial charge in [0.05, 0.1) is 18.1 Å². The Bertz CT molecular complexity index is 647. The lowest BCUT2D eigenvalue weighted by Crippen LogP contribution is -2.51. The number of rotatable bonds is 6. The Hall–Kier alpha value is -2.08. The van der Waals surface area contributed by atoms with E-state index < -0.39 is 0 Å². The summed E-state index contributed by atoms with van der Waals surface area (Å²) >= 11 is 0. The van der Waals surface area contributed by atoms with E-state index >= 15 is 0 Å². The topological polar surface area (TPSA) is 70.7 Å². The van der Waals surface area contributed by atoms with Gasteiger partial charge in [0.25, 0.3) is 0 Å². The van der Waals surface area contributed by atoms with Crippen molar-refractivity contribution in [2.24, 2.45) is 11.8 Å².